The Morgan fingerprint density at radius 3 is 2.37 bits per heavy atom. The van der Waals surface area contributed by atoms with Crippen molar-refractivity contribution in [3.05, 3.63) is 59.4 Å². The molecular formula is C15H15FN2O. The zero-order chi connectivity index (χ0) is 14.0. The van der Waals surface area contributed by atoms with Gasteiger partial charge in [-0.05, 0) is 48.9 Å². The molecule has 1 amide bonds. The molecule has 0 fully saturated rings. The van der Waals surface area contributed by atoms with Gasteiger partial charge in [0.05, 0.1) is 5.56 Å². The molecule has 2 N–H and O–H groups in total. The number of carbonyl (C=O) groups is 1. The first-order chi connectivity index (χ1) is 8.99. The third-order valence-electron chi connectivity index (χ3n) is 2.96. The molecule has 98 valence electrons. The largest absolute Gasteiger partial charge is 0.398 e. The topological polar surface area (TPSA) is 46.3 Å². The lowest BCUT2D eigenvalue weighted by Crippen LogP contribution is -2.27. The number of hydrogen-bond donors (Lipinski definition) is 1. The molecule has 4 heteroatoms. The Balaban J connectivity index is 2.30. The maximum Gasteiger partial charge on any atom is 0.260 e. The van der Waals surface area contributed by atoms with Crippen LogP contribution in [-0.4, -0.2) is 13.0 Å². The molecule has 0 aliphatic rings. The number of carbonyl (C=O) groups excluding carboxylic acids is 1. The first-order valence-electron chi connectivity index (χ1n) is 5.89. The lowest BCUT2D eigenvalue weighted by atomic mass is 10.1. The molecule has 19 heavy (non-hydrogen) atoms. The predicted molar refractivity (Wildman–Crippen MR) is 74.7 cm³/mol. The minimum Gasteiger partial charge on any atom is -0.398 e. The molecular weight excluding hydrogens is 243 g/mol. The molecule has 0 heterocycles. The van der Waals surface area contributed by atoms with E-state index in [-0.39, 0.29) is 11.7 Å². The molecule has 0 saturated carbocycles. The molecule has 2 aromatic rings. The van der Waals surface area contributed by atoms with Gasteiger partial charge in [0.1, 0.15) is 5.82 Å². The highest BCUT2D eigenvalue weighted by Gasteiger charge is 2.16. The van der Waals surface area contributed by atoms with Crippen LogP contribution in [0.3, 0.4) is 0 Å². The minimum atomic E-state index is -0.334. The maximum atomic E-state index is 12.9. The molecule has 0 aliphatic carbocycles. The van der Waals surface area contributed by atoms with Crippen LogP contribution >= 0.6 is 0 Å². The fourth-order valence-corrected chi connectivity index (χ4v) is 1.84. The Hall–Kier alpha value is -2.36. The molecule has 2 aromatic carbocycles. The summed E-state index contributed by atoms with van der Waals surface area (Å²) < 4.78 is 12.9. The van der Waals surface area contributed by atoms with Crippen molar-refractivity contribution in [2.24, 2.45) is 0 Å². The summed E-state index contributed by atoms with van der Waals surface area (Å²) in [6.45, 7) is 1.91. The van der Waals surface area contributed by atoms with Gasteiger partial charge in [-0.3, -0.25) is 4.79 Å². The summed E-state index contributed by atoms with van der Waals surface area (Å²) in [5, 5.41) is 0. The van der Waals surface area contributed by atoms with E-state index in [4.69, 9.17) is 5.73 Å². The second-order valence-electron chi connectivity index (χ2n) is 4.43. The molecule has 0 radical (unpaired) electrons. The number of halogens is 1. The Bertz CT molecular complexity index is 608. The van der Waals surface area contributed by atoms with Crippen LogP contribution in [0.1, 0.15) is 15.9 Å². The molecule has 0 bridgehead atoms. The van der Waals surface area contributed by atoms with E-state index < -0.39 is 0 Å². The van der Waals surface area contributed by atoms with Gasteiger partial charge in [-0.1, -0.05) is 6.07 Å². The quantitative estimate of drug-likeness (QED) is 0.842. The summed E-state index contributed by atoms with van der Waals surface area (Å²) in [4.78, 5) is 13.8. The smallest absolute Gasteiger partial charge is 0.260 e. The van der Waals surface area contributed by atoms with Gasteiger partial charge in [-0.25, -0.2) is 4.39 Å². The van der Waals surface area contributed by atoms with Gasteiger partial charge in [0, 0.05) is 18.4 Å². The maximum absolute atomic E-state index is 12.9. The number of hydrogen-bond acceptors (Lipinski definition) is 2. The summed E-state index contributed by atoms with van der Waals surface area (Å²) >= 11 is 0. The molecule has 0 unspecified atom stereocenters. The van der Waals surface area contributed by atoms with Gasteiger partial charge < -0.3 is 10.6 Å². The highest BCUT2D eigenvalue weighted by atomic mass is 19.1. The van der Waals surface area contributed by atoms with E-state index in [1.165, 1.54) is 17.0 Å². The fraction of sp³-hybridized carbons (Fsp3) is 0.133. The van der Waals surface area contributed by atoms with E-state index in [2.05, 4.69) is 0 Å². The van der Waals surface area contributed by atoms with Crippen molar-refractivity contribution < 1.29 is 9.18 Å². The summed E-state index contributed by atoms with van der Waals surface area (Å²) in [7, 11) is 1.63. The van der Waals surface area contributed by atoms with E-state index >= 15 is 0 Å². The van der Waals surface area contributed by atoms with E-state index in [1.54, 1.807) is 31.3 Å². The average molecular weight is 258 g/mol. The molecule has 0 saturated heterocycles. The van der Waals surface area contributed by atoms with Gasteiger partial charge in [0.15, 0.2) is 0 Å². The van der Waals surface area contributed by atoms with Gasteiger partial charge in [-0.2, -0.15) is 0 Å². The monoisotopic (exact) mass is 258 g/mol. The molecule has 3 nitrogen and oxygen atoms in total. The summed E-state index contributed by atoms with van der Waals surface area (Å²) in [6.07, 6.45) is 0. The van der Waals surface area contributed by atoms with E-state index in [0.29, 0.717) is 16.9 Å². The molecule has 2 rings (SSSR count). The molecule has 0 spiro atoms. The van der Waals surface area contributed by atoms with Crippen molar-refractivity contribution in [3.63, 3.8) is 0 Å². The Labute approximate surface area is 111 Å². The van der Waals surface area contributed by atoms with Crippen molar-refractivity contribution in [2.75, 3.05) is 17.7 Å². The zero-order valence-corrected chi connectivity index (χ0v) is 10.9. The number of rotatable bonds is 2. The van der Waals surface area contributed by atoms with E-state index in [1.807, 2.05) is 13.0 Å². The van der Waals surface area contributed by atoms with Gasteiger partial charge in [-0.15, -0.1) is 0 Å². The zero-order valence-electron chi connectivity index (χ0n) is 10.9. The van der Waals surface area contributed by atoms with Crippen LogP contribution in [0.2, 0.25) is 0 Å². The lowest BCUT2D eigenvalue weighted by molar-refractivity contribution is 0.0994. The standard InChI is InChI=1S/C15H15FN2O/c1-10-3-8-13(14(17)9-10)15(19)18(2)12-6-4-11(16)5-7-12/h3-9H,17H2,1-2H3. The van der Waals surface area contributed by atoms with Crippen LogP contribution < -0.4 is 10.6 Å². The molecule has 0 aromatic heterocycles. The summed E-state index contributed by atoms with van der Waals surface area (Å²) in [5.74, 6) is -0.552. The second-order valence-corrected chi connectivity index (χ2v) is 4.43. The summed E-state index contributed by atoms with van der Waals surface area (Å²) in [5.41, 5.74) is 8.36. The number of nitrogens with two attached hydrogens (primary N) is 1. The van der Waals surface area contributed by atoms with Crippen LogP contribution in [0.15, 0.2) is 42.5 Å². The van der Waals surface area contributed by atoms with Crippen LogP contribution in [0.25, 0.3) is 0 Å². The van der Waals surface area contributed by atoms with Gasteiger partial charge in [0.25, 0.3) is 5.91 Å². The number of benzene rings is 2. The first kappa shape index (κ1) is 13.1. The Kier molecular flexibility index (Phi) is 3.51. The average Bonchev–Trinajstić information content (AvgIpc) is 2.38. The SMILES string of the molecule is Cc1ccc(C(=O)N(C)c2ccc(F)cc2)c(N)c1. The van der Waals surface area contributed by atoms with Crippen molar-refractivity contribution in [3.8, 4) is 0 Å². The van der Waals surface area contributed by atoms with Crippen LogP contribution in [0.5, 0.6) is 0 Å². The van der Waals surface area contributed by atoms with Crippen LogP contribution in [0.4, 0.5) is 15.8 Å². The highest BCUT2D eigenvalue weighted by Crippen LogP contribution is 2.20. The van der Waals surface area contributed by atoms with Gasteiger partial charge in [0.2, 0.25) is 0 Å². The number of amides is 1. The number of nitrogens with zero attached hydrogens (tertiary/aromatic N) is 1. The third kappa shape index (κ3) is 2.73. The molecule has 0 atom stereocenters. The summed E-state index contributed by atoms with van der Waals surface area (Å²) in [6, 6.07) is 11.0. The van der Waals surface area contributed by atoms with Crippen molar-refractivity contribution >= 4 is 17.3 Å². The van der Waals surface area contributed by atoms with Crippen molar-refractivity contribution in [1.82, 2.24) is 0 Å². The lowest BCUT2D eigenvalue weighted by Gasteiger charge is -2.18. The molecule has 0 aliphatic heterocycles. The second kappa shape index (κ2) is 5.10. The number of nitrogen functional groups attached to an aromatic ring is 1. The first-order valence-corrected chi connectivity index (χ1v) is 5.89. The van der Waals surface area contributed by atoms with E-state index in [0.717, 1.165) is 5.56 Å². The normalized spacial score (nSPS) is 10.3. The van der Waals surface area contributed by atoms with Crippen molar-refractivity contribution in [2.45, 2.75) is 6.92 Å². The highest BCUT2D eigenvalue weighted by molar-refractivity contribution is 6.09. The van der Waals surface area contributed by atoms with Gasteiger partial charge >= 0.3 is 0 Å². The van der Waals surface area contributed by atoms with Crippen LogP contribution in [0, 0.1) is 12.7 Å². The predicted octanol–water partition coefficient (Wildman–Crippen LogP) is 2.99. The van der Waals surface area contributed by atoms with Crippen molar-refractivity contribution in [1.29, 1.82) is 0 Å². The fourth-order valence-electron chi connectivity index (χ4n) is 1.84. The third-order valence-corrected chi connectivity index (χ3v) is 2.96. The number of anilines is 2. The Morgan fingerprint density at radius 2 is 1.79 bits per heavy atom. The Morgan fingerprint density at radius 1 is 1.16 bits per heavy atom. The number of aryl methyl sites for hydroxylation is 1. The van der Waals surface area contributed by atoms with E-state index in [9.17, 15) is 9.18 Å². The van der Waals surface area contributed by atoms with Crippen LogP contribution in [-0.2, 0) is 0 Å². The minimum absolute atomic E-state index is 0.218.